The first-order chi connectivity index (χ1) is 8.56. The van der Waals surface area contributed by atoms with Gasteiger partial charge in [0.05, 0.1) is 6.54 Å². The maximum absolute atomic E-state index is 5.80. The number of aryl methyl sites for hydroxylation is 1. The van der Waals surface area contributed by atoms with Crippen LogP contribution in [-0.4, -0.2) is 12.0 Å². The third-order valence-corrected chi connectivity index (χ3v) is 2.88. The molecule has 1 unspecified atom stereocenters. The highest BCUT2D eigenvalue weighted by Gasteiger charge is 2.07. The molecule has 0 amide bonds. The minimum absolute atomic E-state index is 0.0181. The summed E-state index contributed by atoms with van der Waals surface area (Å²) in [4.78, 5) is 6.45. The molecule has 18 heavy (non-hydrogen) atoms. The largest absolute Gasteiger partial charge is 0.464 e. The van der Waals surface area contributed by atoms with Gasteiger partial charge in [-0.15, -0.1) is 0 Å². The van der Waals surface area contributed by atoms with Crippen LogP contribution < -0.4 is 10.6 Å². The summed E-state index contributed by atoms with van der Waals surface area (Å²) >= 11 is 0. The summed E-state index contributed by atoms with van der Waals surface area (Å²) < 4.78 is 5.55. The highest BCUT2D eigenvalue weighted by Crippen LogP contribution is 2.16. The molecular formula is C14H19N3O. The minimum atomic E-state index is 0.0181. The van der Waals surface area contributed by atoms with E-state index >= 15 is 0 Å². The number of pyridine rings is 1. The second-order valence-electron chi connectivity index (χ2n) is 4.61. The molecule has 2 heterocycles. The maximum Gasteiger partial charge on any atom is 0.128 e. The lowest BCUT2D eigenvalue weighted by molar-refractivity contribution is 0.481. The standard InChI is InChI=1S/C14H19N3O/c1-10-4-6-13(18-10)9-17(3)14-7-5-12(8-16-14)11(2)15/h4-8,11H,9,15H2,1-3H3. The molecule has 2 N–H and O–H groups in total. The first-order valence-electron chi connectivity index (χ1n) is 6.04. The van der Waals surface area contributed by atoms with E-state index in [9.17, 15) is 0 Å². The van der Waals surface area contributed by atoms with E-state index in [1.54, 1.807) is 0 Å². The van der Waals surface area contributed by atoms with Crippen molar-refractivity contribution in [1.29, 1.82) is 0 Å². The Balaban J connectivity index is 2.06. The quantitative estimate of drug-likeness (QED) is 0.899. The summed E-state index contributed by atoms with van der Waals surface area (Å²) in [5.74, 6) is 2.78. The molecule has 2 rings (SSSR count). The van der Waals surface area contributed by atoms with Gasteiger partial charge in [-0.1, -0.05) is 6.07 Å². The zero-order valence-corrected chi connectivity index (χ0v) is 11.1. The molecule has 1 atom stereocenters. The van der Waals surface area contributed by atoms with E-state index in [4.69, 9.17) is 10.2 Å². The van der Waals surface area contributed by atoms with Crippen LogP contribution in [-0.2, 0) is 6.54 Å². The maximum atomic E-state index is 5.80. The number of nitrogens with zero attached hydrogens (tertiary/aromatic N) is 2. The lowest BCUT2D eigenvalue weighted by Gasteiger charge is -2.17. The SMILES string of the molecule is Cc1ccc(CN(C)c2ccc(C(C)N)cn2)o1. The van der Waals surface area contributed by atoms with Gasteiger partial charge in [0, 0.05) is 19.3 Å². The number of hydrogen-bond donors (Lipinski definition) is 1. The van der Waals surface area contributed by atoms with Crippen LogP contribution in [0.5, 0.6) is 0 Å². The Morgan fingerprint density at radius 1 is 1.33 bits per heavy atom. The van der Waals surface area contributed by atoms with Gasteiger partial charge in [0.1, 0.15) is 17.3 Å². The van der Waals surface area contributed by atoms with E-state index in [1.807, 2.05) is 56.3 Å². The van der Waals surface area contributed by atoms with E-state index in [0.717, 1.165) is 22.9 Å². The Bertz CT molecular complexity index is 502. The van der Waals surface area contributed by atoms with Crippen LogP contribution in [0.25, 0.3) is 0 Å². The lowest BCUT2D eigenvalue weighted by atomic mass is 10.1. The molecule has 0 bridgehead atoms. The fraction of sp³-hybridized carbons (Fsp3) is 0.357. The number of aromatic nitrogens is 1. The molecule has 2 aromatic rings. The van der Waals surface area contributed by atoms with Crippen LogP contribution in [0.15, 0.2) is 34.9 Å². The smallest absolute Gasteiger partial charge is 0.128 e. The highest BCUT2D eigenvalue weighted by atomic mass is 16.3. The number of nitrogens with two attached hydrogens (primary N) is 1. The fourth-order valence-electron chi connectivity index (χ4n) is 1.78. The molecule has 0 fully saturated rings. The third kappa shape index (κ3) is 2.90. The fourth-order valence-corrected chi connectivity index (χ4v) is 1.78. The zero-order valence-electron chi connectivity index (χ0n) is 11.1. The molecule has 0 aromatic carbocycles. The van der Waals surface area contributed by atoms with Gasteiger partial charge in [-0.05, 0) is 37.6 Å². The van der Waals surface area contributed by atoms with Gasteiger partial charge < -0.3 is 15.1 Å². The molecule has 2 aromatic heterocycles. The molecule has 0 saturated heterocycles. The van der Waals surface area contributed by atoms with Gasteiger partial charge in [-0.25, -0.2) is 4.98 Å². The molecule has 96 valence electrons. The Morgan fingerprint density at radius 2 is 2.11 bits per heavy atom. The Hall–Kier alpha value is -1.81. The molecule has 0 saturated carbocycles. The van der Waals surface area contributed by atoms with Gasteiger partial charge in [-0.2, -0.15) is 0 Å². The highest BCUT2D eigenvalue weighted by molar-refractivity contribution is 5.39. The summed E-state index contributed by atoms with van der Waals surface area (Å²) in [6, 6.07) is 7.97. The van der Waals surface area contributed by atoms with Crippen LogP contribution in [0, 0.1) is 6.92 Å². The van der Waals surface area contributed by atoms with Crippen LogP contribution in [0.1, 0.15) is 30.0 Å². The van der Waals surface area contributed by atoms with E-state index in [-0.39, 0.29) is 6.04 Å². The molecule has 0 aliphatic heterocycles. The Kier molecular flexibility index (Phi) is 3.67. The number of anilines is 1. The lowest BCUT2D eigenvalue weighted by Crippen LogP contribution is -2.17. The summed E-state index contributed by atoms with van der Waals surface area (Å²) in [6.07, 6.45) is 1.82. The Labute approximate surface area is 107 Å². The van der Waals surface area contributed by atoms with E-state index in [2.05, 4.69) is 4.98 Å². The summed E-state index contributed by atoms with van der Waals surface area (Å²) in [5, 5.41) is 0. The predicted octanol–water partition coefficient (Wildman–Crippen LogP) is 2.64. The van der Waals surface area contributed by atoms with Crippen molar-refractivity contribution in [1.82, 2.24) is 4.98 Å². The predicted molar refractivity (Wildman–Crippen MR) is 72.4 cm³/mol. The van der Waals surface area contributed by atoms with Gasteiger partial charge in [-0.3, -0.25) is 0 Å². The summed E-state index contributed by atoms with van der Waals surface area (Å²) in [7, 11) is 1.99. The van der Waals surface area contributed by atoms with E-state index in [0.29, 0.717) is 6.54 Å². The minimum Gasteiger partial charge on any atom is -0.464 e. The molecule has 4 heteroatoms. The van der Waals surface area contributed by atoms with Gasteiger partial charge >= 0.3 is 0 Å². The van der Waals surface area contributed by atoms with Crippen molar-refractivity contribution in [2.75, 3.05) is 11.9 Å². The van der Waals surface area contributed by atoms with E-state index < -0.39 is 0 Å². The van der Waals surface area contributed by atoms with Crippen LogP contribution in [0.2, 0.25) is 0 Å². The first kappa shape index (κ1) is 12.6. The van der Waals surface area contributed by atoms with Crippen molar-refractivity contribution < 1.29 is 4.42 Å². The number of hydrogen-bond acceptors (Lipinski definition) is 4. The van der Waals surface area contributed by atoms with Crippen molar-refractivity contribution in [3.05, 3.63) is 47.5 Å². The summed E-state index contributed by atoms with van der Waals surface area (Å²) in [5.41, 5.74) is 6.84. The monoisotopic (exact) mass is 245 g/mol. The molecular weight excluding hydrogens is 226 g/mol. The van der Waals surface area contributed by atoms with E-state index in [1.165, 1.54) is 0 Å². The van der Waals surface area contributed by atoms with Gasteiger partial charge in [0.25, 0.3) is 0 Å². The second-order valence-corrected chi connectivity index (χ2v) is 4.61. The van der Waals surface area contributed by atoms with Crippen molar-refractivity contribution in [3.63, 3.8) is 0 Å². The molecule has 0 spiro atoms. The van der Waals surface area contributed by atoms with Crippen LogP contribution in [0.4, 0.5) is 5.82 Å². The topological polar surface area (TPSA) is 55.3 Å². The first-order valence-corrected chi connectivity index (χ1v) is 6.04. The van der Waals surface area contributed by atoms with Crippen LogP contribution in [0.3, 0.4) is 0 Å². The van der Waals surface area contributed by atoms with Crippen LogP contribution >= 0.6 is 0 Å². The molecule has 0 aliphatic rings. The normalized spacial score (nSPS) is 12.4. The third-order valence-electron chi connectivity index (χ3n) is 2.88. The molecule has 0 radical (unpaired) electrons. The number of rotatable bonds is 4. The van der Waals surface area contributed by atoms with Crippen molar-refractivity contribution in [3.8, 4) is 0 Å². The van der Waals surface area contributed by atoms with Crippen molar-refractivity contribution in [2.45, 2.75) is 26.4 Å². The molecule has 4 nitrogen and oxygen atoms in total. The number of furan rings is 1. The summed E-state index contributed by atoms with van der Waals surface area (Å²) in [6.45, 7) is 4.60. The van der Waals surface area contributed by atoms with Crippen molar-refractivity contribution >= 4 is 5.82 Å². The van der Waals surface area contributed by atoms with Crippen molar-refractivity contribution in [2.24, 2.45) is 5.73 Å². The average Bonchev–Trinajstić information content (AvgIpc) is 2.75. The molecule has 0 aliphatic carbocycles. The average molecular weight is 245 g/mol. The Morgan fingerprint density at radius 3 is 2.61 bits per heavy atom. The van der Waals surface area contributed by atoms with Gasteiger partial charge in [0.2, 0.25) is 0 Å². The second kappa shape index (κ2) is 5.23. The zero-order chi connectivity index (χ0) is 13.1. The van der Waals surface area contributed by atoms with Gasteiger partial charge in [0.15, 0.2) is 0 Å².